The molecular formula is C14H14FN3O. The van der Waals surface area contributed by atoms with Gasteiger partial charge in [-0.05, 0) is 37.0 Å². The molecule has 1 saturated carbocycles. The summed E-state index contributed by atoms with van der Waals surface area (Å²) in [4.78, 5) is 12.1. The first-order chi connectivity index (χ1) is 9.20. The quantitative estimate of drug-likeness (QED) is 0.889. The Bertz CT molecular complexity index is 573. The number of nitrogens with one attached hydrogen (secondary N) is 2. The highest BCUT2D eigenvalue weighted by Gasteiger charge is 2.40. The van der Waals surface area contributed by atoms with Gasteiger partial charge in [0.25, 0.3) is 5.91 Å². The summed E-state index contributed by atoms with van der Waals surface area (Å²) in [6.45, 7) is 0. The molecule has 0 atom stereocenters. The van der Waals surface area contributed by atoms with Crippen LogP contribution in [0, 0.1) is 5.82 Å². The number of hydrogen-bond donors (Lipinski definition) is 2. The number of halogens is 1. The number of aromatic nitrogens is 2. The van der Waals surface area contributed by atoms with E-state index in [1.807, 2.05) is 0 Å². The van der Waals surface area contributed by atoms with Gasteiger partial charge in [-0.2, -0.15) is 5.10 Å². The van der Waals surface area contributed by atoms with Crippen molar-refractivity contribution in [1.82, 2.24) is 15.5 Å². The Morgan fingerprint density at radius 2 is 2.05 bits per heavy atom. The number of rotatable bonds is 3. The zero-order chi connectivity index (χ0) is 13.3. The number of carbonyl (C=O) groups excluding carboxylic acids is 1. The number of nitrogens with zero attached hydrogens (tertiary/aromatic N) is 1. The second-order valence-electron chi connectivity index (χ2n) is 4.88. The van der Waals surface area contributed by atoms with Crippen LogP contribution in [0.4, 0.5) is 4.39 Å². The largest absolute Gasteiger partial charge is 0.342 e. The third kappa shape index (κ3) is 2.12. The summed E-state index contributed by atoms with van der Waals surface area (Å²) in [5.74, 6) is -0.419. The molecule has 0 radical (unpaired) electrons. The minimum absolute atomic E-state index is 0.155. The van der Waals surface area contributed by atoms with E-state index in [4.69, 9.17) is 0 Å². The Labute approximate surface area is 110 Å². The maximum absolute atomic E-state index is 13.0. The van der Waals surface area contributed by atoms with E-state index >= 15 is 0 Å². The zero-order valence-electron chi connectivity index (χ0n) is 10.3. The molecule has 0 unspecified atom stereocenters. The highest BCUT2D eigenvalue weighted by molar-refractivity contribution is 5.94. The van der Waals surface area contributed by atoms with Crippen LogP contribution in [0.1, 0.15) is 35.2 Å². The summed E-state index contributed by atoms with van der Waals surface area (Å²) < 4.78 is 13.0. The lowest BCUT2D eigenvalue weighted by atomic mass is 9.71. The standard InChI is InChI=1S/C14H14FN3O/c15-12-4-2-11(3-5-12)14(6-1-7-14)18-13(19)10-8-16-17-9-10/h2-5,8-9H,1,6-7H2,(H,16,17)(H,18,19). The molecule has 2 N–H and O–H groups in total. The topological polar surface area (TPSA) is 57.8 Å². The Morgan fingerprint density at radius 1 is 1.32 bits per heavy atom. The van der Waals surface area contributed by atoms with Gasteiger partial charge in [-0.1, -0.05) is 12.1 Å². The van der Waals surface area contributed by atoms with Crippen molar-refractivity contribution in [3.63, 3.8) is 0 Å². The monoisotopic (exact) mass is 259 g/mol. The van der Waals surface area contributed by atoms with Crippen molar-refractivity contribution in [2.75, 3.05) is 0 Å². The highest BCUT2D eigenvalue weighted by Crippen LogP contribution is 2.41. The van der Waals surface area contributed by atoms with Gasteiger partial charge in [-0.25, -0.2) is 4.39 Å². The molecule has 0 bridgehead atoms. The molecule has 2 aromatic rings. The Balaban J connectivity index is 1.83. The fourth-order valence-electron chi connectivity index (χ4n) is 2.45. The highest BCUT2D eigenvalue weighted by atomic mass is 19.1. The molecule has 98 valence electrons. The van der Waals surface area contributed by atoms with E-state index in [1.54, 1.807) is 18.3 Å². The summed E-state index contributed by atoms with van der Waals surface area (Å²) in [6.07, 6.45) is 5.87. The van der Waals surface area contributed by atoms with Crippen molar-refractivity contribution in [3.8, 4) is 0 Å². The molecule has 1 aromatic heterocycles. The van der Waals surface area contributed by atoms with E-state index in [2.05, 4.69) is 15.5 Å². The third-order valence-corrected chi connectivity index (χ3v) is 3.72. The van der Waals surface area contributed by atoms with Crippen LogP contribution in [-0.4, -0.2) is 16.1 Å². The summed E-state index contributed by atoms with van der Waals surface area (Å²) in [6, 6.07) is 6.34. The molecule has 19 heavy (non-hydrogen) atoms. The molecule has 5 heteroatoms. The lowest BCUT2D eigenvalue weighted by Gasteiger charge is -2.43. The van der Waals surface area contributed by atoms with Crippen molar-refractivity contribution in [2.24, 2.45) is 0 Å². The Hall–Kier alpha value is -2.17. The number of benzene rings is 1. The molecular weight excluding hydrogens is 245 g/mol. The summed E-state index contributed by atoms with van der Waals surface area (Å²) >= 11 is 0. The van der Waals surface area contributed by atoms with Crippen LogP contribution in [0.25, 0.3) is 0 Å². The Kier molecular flexibility index (Phi) is 2.81. The molecule has 1 aliphatic rings. The van der Waals surface area contributed by atoms with Crippen LogP contribution in [0.5, 0.6) is 0 Å². The van der Waals surface area contributed by atoms with Crippen LogP contribution in [0.2, 0.25) is 0 Å². The second-order valence-corrected chi connectivity index (χ2v) is 4.88. The van der Waals surface area contributed by atoms with Crippen molar-refractivity contribution >= 4 is 5.91 Å². The molecule has 1 amide bonds. The van der Waals surface area contributed by atoms with Crippen molar-refractivity contribution in [1.29, 1.82) is 0 Å². The lowest BCUT2D eigenvalue weighted by Crippen LogP contribution is -2.50. The summed E-state index contributed by atoms with van der Waals surface area (Å²) in [5, 5.41) is 9.43. The van der Waals surface area contributed by atoms with Crippen molar-refractivity contribution in [2.45, 2.75) is 24.8 Å². The molecule has 1 heterocycles. The molecule has 3 rings (SSSR count). The minimum Gasteiger partial charge on any atom is -0.342 e. The molecule has 4 nitrogen and oxygen atoms in total. The first-order valence-electron chi connectivity index (χ1n) is 6.27. The van der Waals surface area contributed by atoms with Crippen molar-refractivity contribution in [3.05, 3.63) is 53.6 Å². The predicted octanol–water partition coefficient (Wildman–Crippen LogP) is 2.36. The number of carbonyl (C=O) groups is 1. The van der Waals surface area contributed by atoms with E-state index in [0.29, 0.717) is 5.56 Å². The average Bonchev–Trinajstić information content (AvgIpc) is 2.89. The van der Waals surface area contributed by atoms with Gasteiger partial charge in [-0.3, -0.25) is 9.89 Å². The normalized spacial score (nSPS) is 16.7. The second kappa shape index (κ2) is 4.50. The van der Waals surface area contributed by atoms with Gasteiger partial charge in [0.05, 0.1) is 17.3 Å². The lowest BCUT2D eigenvalue weighted by molar-refractivity contribution is 0.0823. The average molecular weight is 259 g/mol. The zero-order valence-corrected chi connectivity index (χ0v) is 10.3. The smallest absolute Gasteiger partial charge is 0.255 e. The molecule has 0 spiro atoms. The van der Waals surface area contributed by atoms with E-state index in [9.17, 15) is 9.18 Å². The van der Waals surface area contributed by atoms with E-state index in [0.717, 1.165) is 24.8 Å². The van der Waals surface area contributed by atoms with Gasteiger partial charge in [0.2, 0.25) is 0 Å². The van der Waals surface area contributed by atoms with Crippen molar-refractivity contribution < 1.29 is 9.18 Å². The van der Waals surface area contributed by atoms with Crippen LogP contribution in [0.15, 0.2) is 36.7 Å². The van der Waals surface area contributed by atoms with Crippen LogP contribution in [0.3, 0.4) is 0 Å². The third-order valence-electron chi connectivity index (χ3n) is 3.72. The maximum atomic E-state index is 13.0. The number of H-pyrrole nitrogens is 1. The number of amides is 1. The SMILES string of the molecule is O=C(NC1(c2ccc(F)cc2)CCC1)c1cn[nH]c1. The molecule has 1 fully saturated rings. The van der Waals surface area contributed by atoms with Crippen LogP contribution < -0.4 is 5.32 Å². The predicted molar refractivity (Wildman–Crippen MR) is 68.0 cm³/mol. The van der Waals surface area contributed by atoms with E-state index in [1.165, 1.54) is 18.3 Å². The minimum atomic E-state index is -0.359. The van der Waals surface area contributed by atoms with E-state index < -0.39 is 0 Å². The molecule has 0 aliphatic heterocycles. The van der Waals surface area contributed by atoms with Gasteiger partial charge in [0, 0.05) is 6.20 Å². The Morgan fingerprint density at radius 3 is 2.58 bits per heavy atom. The first-order valence-corrected chi connectivity index (χ1v) is 6.27. The number of aromatic amines is 1. The van der Waals surface area contributed by atoms with Crippen LogP contribution in [-0.2, 0) is 5.54 Å². The van der Waals surface area contributed by atoms with Gasteiger partial charge >= 0.3 is 0 Å². The van der Waals surface area contributed by atoms with Crippen LogP contribution >= 0.6 is 0 Å². The molecule has 1 aromatic carbocycles. The first kappa shape index (κ1) is 11.9. The fraction of sp³-hybridized carbons (Fsp3) is 0.286. The van der Waals surface area contributed by atoms with Gasteiger partial charge < -0.3 is 5.32 Å². The van der Waals surface area contributed by atoms with Gasteiger partial charge in [0.15, 0.2) is 0 Å². The summed E-state index contributed by atoms with van der Waals surface area (Å²) in [7, 11) is 0. The fourth-order valence-corrected chi connectivity index (χ4v) is 2.45. The molecule has 0 saturated heterocycles. The summed E-state index contributed by atoms with van der Waals surface area (Å²) in [5.41, 5.74) is 1.10. The number of hydrogen-bond acceptors (Lipinski definition) is 2. The molecule has 1 aliphatic carbocycles. The van der Waals surface area contributed by atoms with Gasteiger partial charge in [-0.15, -0.1) is 0 Å². The van der Waals surface area contributed by atoms with E-state index in [-0.39, 0.29) is 17.3 Å². The van der Waals surface area contributed by atoms with Gasteiger partial charge in [0.1, 0.15) is 5.82 Å². The maximum Gasteiger partial charge on any atom is 0.255 e.